The maximum atomic E-state index is 11.7. The summed E-state index contributed by atoms with van der Waals surface area (Å²) in [4.78, 5) is 11.7. The molecular formula is C14H15NO2S. The van der Waals surface area contributed by atoms with Crippen molar-refractivity contribution in [3.63, 3.8) is 0 Å². The van der Waals surface area contributed by atoms with E-state index >= 15 is 0 Å². The van der Waals surface area contributed by atoms with Gasteiger partial charge in [0.15, 0.2) is 0 Å². The molecule has 0 unspecified atom stereocenters. The van der Waals surface area contributed by atoms with E-state index in [2.05, 4.69) is 5.32 Å². The normalized spacial score (nSPS) is 11.9. The van der Waals surface area contributed by atoms with Gasteiger partial charge in [-0.1, -0.05) is 24.3 Å². The van der Waals surface area contributed by atoms with Gasteiger partial charge in [-0.3, -0.25) is 5.32 Å². The van der Waals surface area contributed by atoms with Crippen LogP contribution in [0.2, 0.25) is 0 Å². The van der Waals surface area contributed by atoms with E-state index in [-0.39, 0.29) is 6.10 Å². The lowest BCUT2D eigenvalue weighted by Crippen LogP contribution is -2.16. The molecule has 0 fully saturated rings. The standard InChI is InChI=1S/C14H15NO2S/c1-10-5-3-4-6-13(10)11(2)17-14(16)15-12-7-8-18-9-12/h3-9,11H,1-2H3,(H,15,16)/t11-/m1/s1. The van der Waals surface area contributed by atoms with Crippen molar-refractivity contribution in [1.29, 1.82) is 0 Å². The van der Waals surface area contributed by atoms with E-state index in [1.165, 1.54) is 11.3 Å². The van der Waals surface area contributed by atoms with Crippen LogP contribution in [0, 0.1) is 6.92 Å². The predicted molar refractivity (Wildman–Crippen MR) is 74.0 cm³/mol. The van der Waals surface area contributed by atoms with Gasteiger partial charge in [0.2, 0.25) is 0 Å². The lowest BCUT2D eigenvalue weighted by molar-refractivity contribution is 0.121. The first-order valence-electron chi connectivity index (χ1n) is 5.72. The number of hydrogen-bond acceptors (Lipinski definition) is 3. The predicted octanol–water partition coefficient (Wildman–Crippen LogP) is 4.37. The fourth-order valence-electron chi connectivity index (χ4n) is 1.75. The fourth-order valence-corrected chi connectivity index (χ4v) is 2.34. The van der Waals surface area contributed by atoms with Gasteiger partial charge in [0, 0.05) is 5.38 Å². The zero-order valence-corrected chi connectivity index (χ0v) is 11.2. The quantitative estimate of drug-likeness (QED) is 0.891. The summed E-state index contributed by atoms with van der Waals surface area (Å²) >= 11 is 1.53. The topological polar surface area (TPSA) is 38.3 Å². The number of thiophene rings is 1. The number of carbonyl (C=O) groups is 1. The zero-order valence-electron chi connectivity index (χ0n) is 10.3. The number of ether oxygens (including phenoxy) is 1. The SMILES string of the molecule is Cc1ccccc1[C@@H](C)OC(=O)Nc1ccsc1. The zero-order chi connectivity index (χ0) is 13.0. The number of benzene rings is 1. The van der Waals surface area contributed by atoms with E-state index in [0.29, 0.717) is 0 Å². The fraction of sp³-hybridized carbons (Fsp3) is 0.214. The van der Waals surface area contributed by atoms with E-state index in [4.69, 9.17) is 4.74 Å². The second-order valence-corrected chi connectivity index (χ2v) is 4.82. The highest BCUT2D eigenvalue weighted by Gasteiger charge is 2.13. The average molecular weight is 261 g/mol. The van der Waals surface area contributed by atoms with Crippen molar-refractivity contribution in [1.82, 2.24) is 0 Å². The summed E-state index contributed by atoms with van der Waals surface area (Å²) in [6.45, 7) is 3.88. The van der Waals surface area contributed by atoms with Crippen molar-refractivity contribution in [2.75, 3.05) is 5.32 Å². The first kappa shape index (κ1) is 12.6. The first-order valence-corrected chi connectivity index (χ1v) is 6.66. The van der Waals surface area contributed by atoms with E-state index in [0.717, 1.165) is 16.8 Å². The van der Waals surface area contributed by atoms with Gasteiger partial charge in [-0.15, -0.1) is 0 Å². The molecule has 0 bridgehead atoms. The van der Waals surface area contributed by atoms with E-state index in [1.54, 1.807) is 0 Å². The lowest BCUT2D eigenvalue weighted by atomic mass is 10.1. The Bertz CT molecular complexity index is 522. The van der Waals surface area contributed by atoms with Crippen LogP contribution in [0.3, 0.4) is 0 Å². The number of nitrogens with one attached hydrogen (secondary N) is 1. The summed E-state index contributed by atoms with van der Waals surface area (Å²) in [6.07, 6.45) is -0.686. The van der Waals surface area contributed by atoms with Gasteiger partial charge in [0.05, 0.1) is 5.69 Å². The summed E-state index contributed by atoms with van der Waals surface area (Å²) < 4.78 is 5.35. The minimum Gasteiger partial charge on any atom is -0.441 e. The number of rotatable bonds is 3. The van der Waals surface area contributed by atoms with Crippen LogP contribution in [0.5, 0.6) is 0 Å². The molecule has 0 aliphatic rings. The molecule has 0 spiro atoms. The van der Waals surface area contributed by atoms with Gasteiger partial charge < -0.3 is 4.74 Å². The van der Waals surface area contributed by atoms with E-state index < -0.39 is 6.09 Å². The number of anilines is 1. The molecule has 1 amide bonds. The Morgan fingerprint density at radius 2 is 2.11 bits per heavy atom. The highest BCUT2D eigenvalue weighted by atomic mass is 32.1. The van der Waals surface area contributed by atoms with E-state index in [9.17, 15) is 4.79 Å². The summed E-state index contributed by atoms with van der Waals surface area (Å²) in [5, 5.41) is 6.46. The Morgan fingerprint density at radius 1 is 1.33 bits per heavy atom. The second-order valence-electron chi connectivity index (χ2n) is 4.04. The summed E-state index contributed by atoms with van der Waals surface area (Å²) in [7, 11) is 0. The van der Waals surface area contributed by atoms with Crippen LogP contribution in [0.25, 0.3) is 0 Å². The molecular weight excluding hydrogens is 246 g/mol. The van der Waals surface area contributed by atoms with Gasteiger partial charge in [-0.2, -0.15) is 11.3 Å². The molecule has 0 aliphatic heterocycles. The van der Waals surface area contributed by atoms with Crippen LogP contribution in [0.4, 0.5) is 10.5 Å². The van der Waals surface area contributed by atoms with Crippen LogP contribution < -0.4 is 5.32 Å². The molecule has 1 N–H and O–H groups in total. The minimum atomic E-state index is -0.427. The molecule has 1 aromatic carbocycles. The van der Waals surface area contributed by atoms with Gasteiger partial charge in [0.25, 0.3) is 0 Å². The van der Waals surface area contributed by atoms with Gasteiger partial charge >= 0.3 is 6.09 Å². The van der Waals surface area contributed by atoms with Gasteiger partial charge in [-0.25, -0.2) is 4.79 Å². The van der Waals surface area contributed by atoms with Crippen LogP contribution in [0.15, 0.2) is 41.1 Å². The first-order chi connectivity index (χ1) is 8.66. The highest BCUT2D eigenvalue weighted by Crippen LogP contribution is 2.21. The Balaban J connectivity index is 1.97. The molecule has 18 heavy (non-hydrogen) atoms. The Hall–Kier alpha value is -1.81. The molecule has 1 heterocycles. The average Bonchev–Trinajstić information content (AvgIpc) is 2.82. The van der Waals surface area contributed by atoms with Crippen molar-refractivity contribution in [3.8, 4) is 0 Å². The van der Waals surface area contributed by atoms with Gasteiger partial charge in [0.1, 0.15) is 6.10 Å². The Morgan fingerprint density at radius 3 is 2.78 bits per heavy atom. The molecule has 1 atom stereocenters. The summed E-state index contributed by atoms with van der Waals surface area (Å²) in [6, 6.07) is 9.73. The maximum Gasteiger partial charge on any atom is 0.412 e. The molecule has 94 valence electrons. The smallest absolute Gasteiger partial charge is 0.412 e. The van der Waals surface area contributed by atoms with Crippen LogP contribution in [-0.4, -0.2) is 6.09 Å². The van der Waals surface area contributed by atoms with Crippen molar-refractivity contribution in [3.05, 3.63) is 52.2 Å². The number of carbonyl (C=O) groups excluding carboxylic acids is 1. The van der Waals surface area contributed by atoms with Gasteiger partial charge in [-0.05, 0) is 36.4 Å². The largest absolute Gasteiger partial charge is 0.441 e. The third kappa shape index (κ3) is 3.11. The molecule has 1 aromatic heterocycles. The van der Waals surface area contributed by atoms with E-state index in [1.807, 2.05) is 54.9 Å². The molecule has 3 nitrogen and oxygen atoms in total. The maximum absolute atomic E-state index is 11.7. The van der Waals surface area contributed by atoms with Crippen LogP contribution in [0.1, 0.15) is 24.2 Å². The van der Waals surface area contributed by atoms with Crippen molar-refractivity contribution < 1.29 is 9.53 Å². The second kappa shape index (κ2) is 5.69. The highest BCUT2D eigenvalue weighted by molar-refractivity contribution is 7.08. The third-order valence-corrected chi connectivity index (χ3v) is 3.36. The third-order valence-electron chi connectivity index (χ3n) is 2.68. The Labute approximate surface area is 110 Å². The number of hydrogen-bond donors (Lipinski definition) is 1. The molecule has 0 saturated carbocycles. The number of aryl methyl sites for hydroxylation is 1. The minimum absolute atomic E-state index is 0.259. The van der Waals surface area contributed by atoms with Crippen molar-refractivity contribution in [2.24, 2.45) is 0 Å². The van der Waals surface area contributed by atoms with Crippen LogP contribution >= 0.6 is 11.3 Å². The molecule has 0 radical (unpaired) electrons. The molecule has 4 heteroatoms. The molecule has 2 rings (SSSR count). The van der Waals surface area contributed by atoms with Crippen molar-refractivity contribution in [2.45, 2.75) is 20.0 Å². The molecule has 2 aromatic rings. The lowest BCUT2D eigenvalue weighted by Gasteiger charge is -2.15. The van der Waals surface area contributed by atoms with Crippen LogP contribution in [-0.2, 0) is 4.74 Å². The molecule has 0 saturated heterocycles. The number of amides is 1. The summed E-state index contributed by atoms with van der Waals surface area (Å²) in [5.41, 5.74) is 2.91. The summed E-state index contributed by atoms with van der Waals surface area (Å²) in [5.74, 6) is 0. The van der Waals surface area contributed by atoms with Crippen molar-refractivity contribution >= 4 is 23.1 Å². The Kier molecular flexibility index (Phi) is 3.99. The monoisotopic (exact) mass is 261 g/mol. The molecule has 0 aliphatic carbocycles.